The molecule has 1 saturated heterocycles. The molecule has 2 nitrogen and oxygen atoms in total. The van der Waals surface area contributed by atoms with Gasteiger partial charge in [0.2, 0.25) is 0 Å². The highest BCUT2D eigenvalue weighted by molar-refractivity contribution is 5.38. The molecule has 4 rings (SSSR count). The quantitative estimate of drug-likeness (QED) is 0.616. The predicted octanol–water partition coefficient (Wildman–Crippen LogP) is 4.47. The Bertz CT molecular complexity index is 1040. The first kappa shape index (κ1) is 20.4. The fourth-order valence-electron chi connectivity index (χ4n) is 4.40. The third-order valence-corrected chi connectivity index (χ3v) is 6.43. The molecule has 0 amide bonds. The van der Waals surface area contributed by atoms with Gasteiger partial charge in [0, 0.05) is 23.1 Å². The van der Waals surface area contributed by atoms with Crippen LogP contribution >= 0.6 is 0 Å². The molecule has 0 saturated carbocycles. The van der Waals surface area contributed by atoms with E-state index in [0.717, 1.165) is 5.56 Å². The van der Waals surface area contributed by atoms with Gasteiger partial charge in [0.05, 0.1) is 5.92 Å². The van der Waals surface area contributed by atoms with Crippen LogP contribution in [-0.4, -0.2) is 10.7 Å². The fourth-order valence-corrected chi connectivity index (χ4v) is 4.40. The van der Waals surface area contributed by atoms with Crippen LogP contribution in [0.2, 0.25) is 0 Å². The van der Waals surface area contributed by atoms with E-state index >= 15 is 0 Å². The molecule has 0 aromatic heterocycles. The van der Waals surface area contributed by atoms with Crippen LogP contribution in [0.3, 0.4) is 0 Å². The Kier molecular flexibility index (Phi) is 5.77. The summed E-state index contributed by atoms with van der Waals surface area (Å²) in [5, 5.41) is 14.2. The summed E-state index contributed by atoms with van der Waals surface area (Å²) < 4.78 is 0. The van der Waals surface area contributed by atoms with Gasteiger partial charge in [0.15, 0.2) is 0 Å². The first-order chi connectivity index (χ1) is 14.4. The van der Waals surface area contributed by atoms with Crippen LogP contribution in [0.1, 0.15) is 53.2 Å². The highest BCUT2D eigenvalue weighted by Gasteiger charge is 2.48. The van der Waals surface area contributed by atoms with Crippen LogP contribution in [0, 0.1) is 31.6 Å². The molecule has 1 aliphatic heterocycles. The average Bonchev–Trinajstić information content (AvgIpc) is 2.76. The summed E-state index contributed by atoms with van der Waals surface area (Å²) in [6, 6.07) is 27.6. The molecule has 152 valence electrons. The van der Waals surface area contributed by atoms with E-state index in [1.54, 1.807) is 0 Å². The molecule has 1 fully saturated rings. The van der Waals surface area contributed by atoms with Crippen molar-refractivity contribution in [2.24, 2.45) is 5.92 Å². The molecular formula is C28H30NO+. The molecule has 0 unspecified atom stereocenters. The van der Waals surface area contributed by atoms with Crippen LogP contribution in [0.5, 0.6) is 0 Å². The van der Waals surface area contributed by atoms with Crippen molar-refractivity contribution in [1.82, 2.24) is 0 Å². The van der Waals surface area contributed by atoms with E-state index in [9.17, 15) is 5.11 Å². The van der Waals surface area contributed by atoms with Crippen molar-refractivity contribution in [2.45, 2.75) is 44.9 Å². The Labute approximate surface area is 180 Å². The molecule has 0 bridgehead atoms. The van der Waals surface area contributed by atoms with Crippen LogP contribution in [0.15, 0.2) is 78.9 Å². The highest BCUT2D eigenvalue weighted by Crippen LogP contribution is 2.38. The van der Waals surface area contributed by atoms with Crippen molar-refractivity contribution in [3.8, 4) is 11.8 Å². The second-order valence-corrected chi connectivity index (χ2v) is 8.68. The topological polar surface area (TPSA) is 36.8 Å². The SMILES string of the molecule is Cc1ccc([C@H]2C[C@@](O)(C#Cc3ccccc3)[C@H](C)[C@H](c3ccc(C)cc3)[NH2+]2)cc1. The van der Waals surface area contributed by atoms with Gasteiger partial charge < -0.3 is 10.4 Å². The zero-order valence-corrected chi connectivity index (χ0v) is 18.0. The van der Waals surface area contributed by atoms with Gasteiger partial charge in [0.1, 0.15) is 17.7 Å². The average molecular weight is 397 g/mol. The van der Waals surface area contributed by atoms with Crippen molar-refractivity contribution in [2.75, 3.05) is 0 Å². The fraction of sp³-hybridized carbons (Fsp3) is 0.286. The molecule has 0 spiro atoms. The van der Waals surface area contributed by atoms with Gasteiger partial charge in [-0.05, 0) is 26.0 Å². The van der Waals surface area contributed by atoms with Crippen LogP contribution in [-0.2, 0) is 0 Å². The van der Waals surface area contributed by atoms with Gasteiger partial charge in [-0.15, -0.1) is 0 Å². The van der Waals surface area contributed by atoms with Crippen molar-refractivity contribution in [3.05, 3.63) is 107 Å². The maximum absolute atomic E-state index is 11.8. The van der Waals surface area contributed by atoms with Crippen molar-refractivity contribution in [3.63, 3.8) is 0 Å². The molecule has 2 heteroatoms. The first-order valence-corrected chi connectivity index (χ1v) is 10.7. The summed E-state index contributed by atoms with van der Waals surface area (Å²) in [7, 11) is 0. The third kappa shape index (κ3) is 4.33. The second kappa shape index (κ2) is 8.48. The summed E-state index contributed by atoms with van der Waals surface area (Å²) in [5.41, 5.74) is 4.85. The summed E-state index contributed by atoms with van der Waals surface area (Å²) in [4.78, 5) is 0. The van der Waals surface area contributed by atoms with E-state index in [1.165, 1.54) is 22.3 Å². The molecular weight excluding hydrogens is 366 g/mol. The number of hydrogen-bond donors (Lipinski definition) is 2. The van der Waals surface area contributed by atoms with E-state index in [-0.39, 0.29) is 18.0 Å². The predicted molar refractivity (Wildman–Crippen MR) is 122 cm³/mol. The molecule has 0 radical (unpaired) electrons. The minimum absolute atomic E-state index is 0.00174. The lowest BCUT2D eigenvalue weighted by Gasteiger charge is -2.42. The lowest BCUT2D eigenvalue weighted by molar-refractivity contribution is -0.755. The summed E-state index contributed by atoms with van der Waals surface area (Å²) in [6.07, 6.45) is 0.611. The minimum Gasteiger partial charge on any atom is -0.377 e. The number of aliphatic hydroxyl groups is 1. The van der Waals surface area contributed by atoms with Crippen LogP contribution < -0.4 is 5.32 Å². The maximum Gasteiger partial charge on any atom is 0.140 e. The number of benzene rings is 3. The second-order valence-electron chi connectivity index (χ2n) is 8.68. The van der Waals surface area contributed by atoms with E-state index in [4.69, 9.17) is 0 Å². The van der Waals surface area contributed by atoms with E-state index < -0.39 is 5.60 Å². The Balaban J connectivity index is 1.73. The molecule has 3 aromatic carbocycles. The smallest absolute Gasteiger partial charge is 0.140 e. The molecule has 3 aromatic rings. The number of hydrogen-bond acceptors (Lipinski definition) is 1. The zero-order valence-electron chi connectivity index (χ0n) is 18.0. The molecule has 0 aliphatic carbocycles. The molecule has 4 atom stereocenters. The Morgan fingerprint density at radius 1 is 0.833 bits per heavy atom. The Hall–Kier alpha value is -2.86. The largest absolute Gasteiger partial charge is 0.377 e. The molecule has 1 heterocycles. The standard InChI is InChI=1S/C28H29NO/c1-20-9-13-24(14-10-20)26-19-28(30,18-17-23-7-5-4-6-8-23)22(3)27(29-26)25-15-11-21(2)12-16-25/h4-16,22,26-27,29-30H,19H2,1-3H3/p+1/t22-,26-,27-,28+/m1/s1. The molecule has 1 aliphatic rings. The maximum atomic E-state index is 11.8. The van der Waals surface area contributed by atoms with E-state index in [0.29, 0.717) is 6.42 Å². The number of quaternary nitrogens is 1. The van der Waals surface area contributed by atoms with Crippen molar-refractivity contribution in [1.29, 1.82) is 0 Å². The van der Waals surface area contributed by atoms with Gasteiger partial charge in [-0.2, -0.15) is 0 Å². The zero-order chi connectivity index (χ0) is 21.1. The van der Waals surface area contributed by atoms with Gasteiger partial charge >= 0.3 is 0 Å². The number of aryl methyl sites for hydroxylation is 2. The van der Waals surface area contributed by atoms with Gasteiger partial charge in [-0.3, -0.25) is 0 Å². The summed E-state index contributed by atoms with van der Waals surface area (Å²) >= 11 is 0. The number of nitrogens with two attached hydrogens (primary N) is 1. The van der Waals surface area contributed by atoms with Crippen LogP contribution in [0.25, 0.3) is 0 Å². The van der Waals surface area contributed by atoms with Gasteiger partial charge in [-0.25, -0.2) is 0 Å². The highest BCUT2D eigenvalue weighted by atomic mass is 16.3. The number of piperidine rings is 1. The Morgan fingerprint density at radius 3 is 2.00 bits per heavy atom. The van der Waals surface area contributed by atoms with Gasteiger partial charge in [-0.1, -0.05) is 96.6 Å². The normalized spacial score (nSPS) is 25.9. The van der Waals surface area contributed by atoms with Crippen molar-refractivity contribution >= 4 is 0 Å². The van der Waals surface area contributed by atoms with E-state index in [2.05, 4.69) is 86.5 Å². The lowest BCUT2D eigenvalue weighted by Crippen LogP contribution is -2.91. The first-order valence-electron chi connectivity index (χ1n) is 10.7. The lowest BCUT2D eigenvalue weighted by atomic mass is 9.72. The minimum atomic E-state index is -1.06. The van der Waals surface area contributed by atoms with Gasteiger partial charge in [0.25, 0.3) is 0 Å². The Morgan fingerprint density at radius 2 is 1.40 bits per heavy atom. The molecule has 3 N–H and O–H groups in total. The van der Waals surface area contributed by atoms with Crippen LogP contribution in [0.4, 0.5) is 0 Å². The monoisotopic (exact) mass is 396 g/mol. The van der Waals surface area contributed by atoms with Crippen molar-refractivity contribution < 1.29 is 10.4 Å². The number of rotatable bonds is 2. The summed E-state index contributed by atoms with van der Waals surface area (Å²) in [6.45, 7) is 6.34. The molecule has 30 heavy (non-hydrogen) atoms. The van der Waals surface area contributed by atoms with E-state index in [1.807, 2.05) is 30.3 Å². The summed E-state index contributed by atoms with van der Waals surface area (Å²) in [5.74, 6) is 6.50. The third-order valence-electron chi connectivity index (χ3n) is 6.43.